The molecule has 2 aromatic carbocycles. The van der Waals surface area contributed by atoms with Crippen LogP contribution >= 0.6 is 23.2 Å². The lowest BCUT2D eigenvalue weighted by atomic mass is 10.1. The molecule has 0 aliphatic rings. The number of carbonyl (C=O) groups excluding carboxylic acids is 2. The lowest BCUT2D eigenvalue weighted by molar-refractivity contribution is -0.140. The third kappa shape index (κ3) is 9.58. The molecule has 2 amide bonds. The Morgan fingerprint density at radius 3 is 2.15 bits per heavy atom. The number of hydrogen-bond acceptors (Lipinski definition) is 4. The molecule has 13 heteroatoms. The zero-order chi connectivity index (χ0) is 29.5. The fraction of sp³-hybridized carbons (Fsp3) is 0.462. The Hall–Kier alpha value is -2.50. The molecule has 216 valence electrons. The molecular weight excluding hydrogens is 578 g/mol. The summed E-state index contributed by atoms with van der Waals surface area (Å²) in [7, 11) is -3.96. The molecule has 0 heterocycles. The molecule has 0 fully saturated rings. The summed E-state index contributed by atoms with van der Waals surface area (Å²) in [6, 6.07) is 7.92. The number of anilines is 1. The van der Waals surface area contributed by atoms with Crippen molar-refractivity contribution in [3.05, 3.63) is 63.6 Å². The van der Waals surface area contributed by atoms with E-state index in [2.05, 4.69) is 5.32 Å². The minimum Gasteiger partial charge on any atom is -0.354 e. The van der Waals surface area contributed by atoms with Crippen LogP contribution in [0.25, 0.3) is 0 Å². The van der Waals surface area contributed by atoms with Crippen molar-refractivity contribution in [1.82, 2.24) is 10.2 Å². The van der Waals surface area contributed by atoms with Crippen LogP contribution in [-0.2, 0) is 32.3 Å². The highest BCUT2D eigenvalue weighted by Gasteiger charge is 2.32. The second-order valence-corrected chi connectivity index (χ2v) is 12.2. The Labute approximate surface area is 237 Å². The van der Waals surface area contributed by atoms with E-state index in [1.165, 1.54) is 11.0 Å². The van der Waals surface area contributed by atoms with Crippen LogP contribution in [0, 0.1) is 5.92 Å². The average Bonchev–Trinajstić information content (AvgIpc) is 2.83. The Kier molecular flexibility index (Phi) is 11.5. The van der Waals surface area contributed by atoms with Crippen LogP contribution in [0.2, 0.25) is 10.0 Å². The van der Waals surface area contributed by atoms with Gasteiger partial charge in [-0.3, -0.25) is 13.9 Å². The van der Waals surface area contributed by atoms with Gasteiger partial charge in [0.2, 0.25) is 21.8 Å². The summed E-state index contributed by atoms with van der Waals surface area (Å²) >= 11 is 12.6. The lowest BCUT2D eigenvalue weighted by Crippen LogP contribution is -2.48. The summed E-state index contributed by atoms with van der Waals surface area (Å²) in [6.07, 6.45) is -3.98. The topological polar surface area (TPSA) is 86.8 Å². The number of rotatable bonds is 12. The number of nitrogens with zero attached hydrogens (tertiary/aromatic N) is 2. The van der Waals surface area contributed by atoms with Gasteiger partial charge in [-0.2, -0.15) is 13.2 Å². The molecule has 0 saturated carbocycles. The summed E-state index contributed by atoms with van der Waals surface area (Å²) in [6.45, 7) is 5.49. The maximum absolute atomic E-state index is 13.4. The zero-order valence-electron chi connectivity index (χ0n) is 22.1. The SMILES string of the molecule is CC(C)CNC(=O)C(C)N(Cc1c(Cl)cccc1Cl)C(=O)CCCN(c1cccc(C(F)(F)F)c1)S(C)(=O)=O. The van der Waals surface area contributed by atoms with Gasteiger partial charge < -0.3 is 10.2 Å². The van der Waals surface area contributed by atoms with Gasteiger partial charge in [0.25, 0.3) is 0 Å². The van der Waals surface area contributed by atoms with Gasteiger partial charge in [-0.1, -0.05) is 49.2 Å². The van der Waals surface area contributed by atoms with Gasteiger partial charge in [0, 0.05) is 41.7 Å². The third-order valence-corrected chi connectivity index (χ3v) is 7.76. The first-order chi connectivity index (χ1) is 18.0. The molecule has 1 unspecified atom stereocenters. The molecule has 0 aromatic heterocycles. The smallest absolute Gasteiger partial charge is 0.354 e. The molecule has 2 aromatic rings. The summed E-state index contributed by atoms with van der Waals surface area (Å²) < 4.78 is 65.2. The maximum atomic E-state index is 13.4. The zero-order valence-corrected chi connectivity index (χ0v) is 24.4. The first-order valence-electron chi connectivity index (χ1n) is 12.2. The molecule has 7 nitrogen and oxygen atoms in total. The van der Waals surface area contributed by atoms with E-state index < -0.39 is 33.7 Å². The molecule has 0 bridgehead atoms. The average molecular weight is 611 g/mol. The minimum atomic E-state index is -4.65. The molecule has 1 N–H and O–H groups in total. The number of nitrogens with one attached hydrogen (secondary N) is 1. The number of sulfonamides is 1. The monoisotopic (exact) mass is 609 g/mol. The van der Waals surface area contributed by atoms with E-state index in [1.54, 1.807) is 25.1 Å². The van der Waals surface area contributed by atoms with Crippen molar-refractivity contribution in [3.8, 4) is 0 Å². The standard InChI is InChI=1S/C26H32Cl2F3N3O4S/c1-17(2)15-32-25(36)18(3)33(16-21-22(27)10-6-11-23(21)28)24(35)12-7-13-34(39(4,37)38)20-9-5-8-19(14-20)26(29,30)31/h5-6,8-11,14,17-18H,7,12-13,15-16H2,1-4H3,(H,32,36). The van der Waals surface area contributed by atoms with Gasteiger partial charge in [-0.15, -0.1) is 0 Å². The second-order valence-electron chi connectivity index (χ2n) is 9.52. The first-order valence-corrected chi connectivity index (χ1v) is 14.8. The highest BCUT2D eigenvalue weighted by Crippen LogP contribution is 2.32. The third-order valence-electron chi connectivity index (χ3n) is 5.86. The van der Waals surface area contributed by atoms with Crippen LogP contribution in [0.1, 0.15) is 44.7 Å². The van der Waals surface area contributed by atoms with Crippen LogP contribution in [0.3, 0.4) is 0 Å². The fourth-order valence-electron chi connectivity index (χ4n) is 3.73. The van der Waals surface area contributed by atoms with E-state index in [1.807, 2.05) is 13.8 Å². The molecule has 0 saturated heterocycles. The van der Waals surface area contributed by atoms with E-state index in [0.717, 1.165) is 28.8 Å². The molecule has 39 heavy (non-hydrogen) atoms. The second kappa shape index (κ2) is 13.7. The van der Waals surface area contributed by atoms with Crippen molar-refractivity contribution in [2.45, 2.75) is 52.4 Å². The van der Waals surface area contributed by atoms with Crippen molar-refractivity contribution in [3.63, 3.8) is 0 Å². The first kappa shape index (κ1) is 32.7. The lowest BCUT2D eigenvalue weighted by Gasteiger charge is -2.30. The van der Waals surface area contributed by atoms with Crippen LogP contribution < -0.4 is 9.62 Å². The Bertz CT molecular complexity index is 1250. The van der Waals surface area contributed by atoms with Gasteiger partial charge >= 0.3 is 6.18 Å². The molecular formula is C26H32Cl2F3N3O4S. The van der Waals surface area contributed by atoms with Crippen LogP contribution in [-0.4, -0.2) is 50.5 Å². The summed E-state index contributed by atoms with van der Waals surface area (Å²) in [5, 5.41) is 3.40. The highest BCUT2D eigenvalue weighted by molar-refractivity contribution is 7.92. The summed E-state index contributed by atoms with van der Waals surface area (Å²) in [5.41, 5.74) is -0.714. The van der Waals surface area contributed by atoms with Crippen molar-refractivity contribution in [2.24, 2.45) is 5.92 Å². The highest BCUT2D eigenvalue weighted by atomic mass is 35.5. The van der Waals surface area contributed by atoms with Crippen LogP contribution in [0.15, 0.2) is 42.5 Å². The largest absolute Gasteiger partial charge is 0.416 e. The minimum absolute atomic E-state index is 0.0186. The number of benzene rings is 2. The normalized spacial score (nSPS) is 12.8. The number of carbonyl (C=O) groups is 2. The molecule has 0 radical (unpaired) electrons. The van der Waals surface area contributed by atoms with Crippen LogP contribution in [0.4, 0.5) is 18.9 Å². The Morgan fingerprint density at radius 2 is 1.62 bits per heavy atom. The van der Waals surface area contributed by atoms with Crippen molar-refractivity contribution >= 4 is 50.7 Å². The predicted molar refractivity (Wildman–Crippen MR) is 147 cm³/mol. The van der Waals surface area contributed by atoms with Crippen molar-refractivity contribution in [1.29, 1.82) is 0 Å². The van der Waals surface area contributed by atoms with Crippen LogP contribution in [0.5, 0.6) is 0 Å². The van der Waals surface area contributed by atoms with E-state index in [0.29, 0.717) is 22.2 Å². The van der Waals surface area contributed by atoms with Gasteiger partial charge in [0.05, 0.1) is 17.5 Å². The van der Waals surface area contributed by atoms with Gasteiger partial charge in [0.15, 0.2) is 0 Å². The number of halogens is 5. The molecule has 0 aliphatic heterocycles. The Morgan fingerprint density at radius 1 is 1.03 bits per heavy atom. The molecule has 0 aliphatic carbocycles. The number of alkyl halides is 3. The van der Waals surface area contributed by atoms with Gasteiger partial charge in [-0.25, -0.2) is 8.42 Å². The van der Waals surface area contributed by atoms with Gasteiger partial charge in [-0.05, 0) is 49.6 Å². The molecule has 2 rings (SSSR count). The maximum Gasteiger partial charge on any atom is 0.416 e. The molecule has 1 atom stereocenters. The Balaban J connectivity index is 2.26. The summed E-state index contributed by atoms with van der Waals surface area (Å²) in [5.74, 6) is -0.682. The number of hydrogen-bond donors (Lipinski definition) is 1. The molecule has 0 spiro atoms. The quantitative estimate of drug-likeness (QED) is 0.332. The fourth-order valence-corrected chi connectivity index (χ4v) is 5.20. The van der Waals surface area contributed by atoms with E-state index in [4.69, 9.17) is 23.2 Å². The summed E-state index contributed by atoms with van der Waals surface area (Å²) in [4.78, 5) is 27.5. The predicted octanol–water partition coefficient (Wildman–Crippen LogP) is 5.75. The van der Waals surface area contributed by atoms with Crippen molar-refractivity contribution in [2.75, 3.05) is 23.7 Å². The van der Waals surface area contributed by atoms with Gasteiger partial charge in [0.1, 0.15) is 6.04 Å². The van der Waals surface area contributed by atoms with Crippen molar-refractivity contribution < 1.29 is 31.2 Å². The van der Waals surface area contributed by atoms with E-state index >= 15 is 0 Å². The van der Waals surface area contributed by atoms with E-state index in [-0.39, 0.29) is 43.4 Å². The number of amides is 2. The van der Waals surface area contributed by atoms with E-state index in [9.17, 15) is 31.2 Å².